The van der Waals surface area contributed by atoms with Crippen LogP contribution in [0.3, 0.4) is 0 Å². The van der Waals surface area contributed by atoms with Crippen LogP contribution in [-0.2, 0) is 20.7 Å². The predicted octanol–water partition coefficient (Wildman–Crippen LogP) is 4.67. The number of H-pyrrole nitrogens is 1. The molecular weight excluding hydrogens is 494 g/mol. The summed E-state index contributed by atoms with van der Waals surface area (Å²) >= 11 is 6.29. The Labute approximate surface area is 217 Å². The summed E-state index contributed by atoms with van der Waals surface area (Å²) in [4.78, 5) is 47.0. The number of hydrogen-bond donors (Lipinski definition) is 2. The molecule has 5 rings (SSSR count). The van der Waals surface area contributed by atoms with Crippen molar-refractivity contribution < 1.29 is 24.2 Å². The Bertz CT molecular complexity index is 1540. The summed E-state index contributed by atoms with van der Waals surface area (Å²) in [6, 6.07) is 14.4. The van der Waals surface area contributed by atoms with Crippen molar-refractivity contribution in [2.45, 2.75) is 12.5 Å². The number of benzene rings is 2. The Hall–Kier alpha value is -4.43. The molecular formula is C28H22ClN3O5. The number of ether oxygens (including phenoxy) is 1. The fraction of sp³-hybridized carbons (Fsp3) is 0.143. The van der Waals surface area contributed by atoms with Gasteiger partial charge in [0.15, 0.2) is 0 Å². The molecule has 1 fully saturated rings. The van der Waals surface area contributed by atoms with Crippen molar-refractivity contribution in [1.29, 1.82) is 0 Å². The number of pyridine rings is 1. The summed E-state index contributed by atoms with van der Waals surface area (Å²) in [5.74, 6) is -2.32. The molecule has 186 valence electrons. The molecule has 1 aliphatic heterocycles. The van der Waals surface area contributed by atoms with Crippen molar-refractivity contribution in [3.63, 3.8) is 0 Å². The van der Waals surface area contributed by atoms with Gasteiger partial charge in [0.25, 0.3) is 11.7 Å². The number of aliphatic hydroxyl groups is 1. The second-order valence-corrected chi connectivity index (χ2v) is 8.98. The number of fused-ring (bicyclic) bond motifs is 1. The van der Waals surface area contributed by atoms with Gasteiger partial charge in [-0.3, -0.25) is 14.6 Å². The minimum Gasteiger partial charge on any atom is -0.507 e. The molecule has 1 amide bonds. The van der Waals surface area contributed by atoms with Crippen LogP contribution in [0, 0.1) is 0 Å². The van der Waals surface area contributed by atoms with Crippen molar-refractivity contribution in [3.05, 3.63) is 106 Å². The van der Waals surface area contributed by atoms with E-state index in [-0.39, 0.29) is 17.9 Å². The number of hydrogen-bond acceptors (Lipinski definition) is 6. The molecule has 2 aromatic carbocycles. The first-order valence-corrected chi connectivity index (χ1v) is 11.9. The number of aromatic amines is 1. The number of aromatic nitrogens is 2. The van der Waals surface area contributed by atoms with E-state index < -0.39 is 23.7 Å². The molecule has 4 aromatic rings. The maximum atomic E-state index is 13.2. The van der Waals surface area contributed by atoms with Crippen molar-refractivity contribution in [3.8, 4) is 0 Å². The van der Waals surface area contributed by atoms with Crippen molar-refractivity contribution in [2.24, 2.45) is 0 Å². The lowest BCUT2D eigenvalue weighted by Gasteiger charge is -2.25. The van der Waals surface area contributed by atoms with E-state index in [0.29, 0.717) is 28.1 Å². The van der Waals surface area contributed by atoms with E-state index in [9.17, 15) is 19.5 Å². The number of carbonyl (C=O) groups is 3. The molecule has 1 unspecified atom stereocenters. The SMILES string of the molecule is COC(=O)c1ccc(C2/C(=C(\O)c3cccnc3)C(=O)C(=O)N2CCc2c[nH]c3c(Cl)cccc23)cc1. The van der Waals surface area contributed by atoms with Gasteiger partial charge in [0.2, 0.25) is 0 Å². The van der Waals surface area contributed by atoms with Crippen molar-refractivity contribution >= 4 is 45.9 Å². The Balaban J connectivity index is 1.56. The molecule has 8 nitrogen and oxygen atoms in total. The number of Topliss-reactive ketones (excluding diaryl/α,β-unsaturated/α-hetero) is 1. The van der Waals surface area contributed by atoms with E-state index >= 15 is 0 Å². The van der Waals surface area contributed by atoms with Gasteiger partial charge in [-0.1, -0.05) is 35.9 Å². The van der Waals surface area contributed by atoms with Crippen LogP contribution >= 0.6 is 11.6 Å². The maximum Gasteiger partial charge on any atom is 0.337 e. The topological polar surface area (TPSA) is 113 Å². The number of nitrogens with zero attached hydrogens (tertiary/aromatic N) is 2. The third-order valence-corrected chi connectivity index (χ3v) is 6.81. The smallest absolute Gasteiger partial charge is 0.337 e. The van der Waals surface area contributed by atoms with Gasteiger partial charge >= 0.3 is 5.97 Å². The summed E-state index contributed by atoms with van der Waals surface area (Å²) in [6.45, 7) is 0.206. The number of nitrogens with one attached hydrogen (secondary N) is 1. The summed E-state index contributed by atoms with van der Waals surface area (Å²) in [6.07, 6.45) is 5.25. The lowest BCUT2D eigenvalue weighted by atomic mass is 9.95. The second-order valence-electron chi connectivity index (χ2n) is 8.57. The normalized spacial score (nSPS) is 16.9. The van der Waals surface area contributed by atoms with Crippen LogP contribution in [0.2, 0.25) is 5.02 Å². The number of halogens is 1. The highest BCUT2D eigenvalue weighted by Crippen LogP contribution is 2.39. The predicted molar refractivity (Wildman–Crippen MR) is 138 cm³/mol. The van der Waals surface area contributed by atoms with E-state index in [1.807, 2.05) is 18.3 Å². The lowest BCUT2D eigenvalue weighted by Crippen LogP contribution is -2.31. The molecule has 37 heavy (non-hydrogen) atoms. The number of carbonyl (C=O) groups excluding carboxylic acids is 3. The zero-order chi connectivity index (χ0) is 26.1. The summed E-state index contributed by atoms with van der Waals surface area (Å²) in [7, 11) is 1.29. The van der Waals surface area contributed by atoms with Gasteiger partial charge in [-0.15, -0.1) is 0 Å². The average Bonchev–Trinajstić information content (AvgIpc) is 3.46. The van der Waals surface area contributed by atoms with Gasteiger partial charge in [-0.05, 0) is 47.9 Å². The van der Waals surface area contributed by atoms with Crippen LogP contribution in [0.1, 0.15) is 33.1 Å². The number of esters is 1. The Morgan fingerprint density at radius 3 is 2.59 bits per heavy atom. The number of likely N-dealkylation sites (tertiary alicyclic amines) is 1. The quantitative estimate of drug-likeness (QED) is 0.167. The highest BCUT2D eigenvalue weighted by atomic mass is 35.5. The van der Waals surface area contributed by atoms with Gasteiger partial charge in [-0.25, -0.2) is 4.79 Å². The molecule has 0 saturated carbocycles. The minimum absolute atomic E-state index is 0.0363. The molecule has 0 spiro atoms. The fourth-order valence-corrected chi connectivity index (χ4v) is 4.89. The molecule has 3 heterocycles. The fourth-order valence-electron chi connectivity index (χ4n) is 4.66. The Kier molecular flexibility index (Phi) is 6.50. The maximum absolute atomic E-state index is 13.2. The summed E-state index contributed by atoms with van der Waals surface area (Å²) in [5.41, 5.74) is 2.92. The molecule has 9 heteroatoms. The Morgan fingerprint density at radius 2 is 1.89 bits per heavy atom. The van der Waals surface area contributed by atoms with Gasteiger partial charge in [-0.2, -0.15) is 0 Å². The van der Waals surface area contributed by atoms with Gasteiger partial charge in [0.1, 0.15) is 5.76 Å². The number of methoxy groups -OCH3 is 1. The van der Waals surface area contributed by atoms with E-state index in [4.69, 9.17) is 16.3 Å². The van der Waals surface area contributed by atoms with E-state index in [1.54, 1.807) is 48.7 Å². The van der Waals surface area contributed by atoms with E-state index in [2.05, 4.69) is 9.97 Å². The molecule has 0 radical (unpaired) electrons. The molecule has 1 atom stereocenters. The number of aliphatic hydroxyl groups excluding tert-OH is 1. The molecule has 0 aliphatic carbocycles. The summed E-state index contributed by atoms with van der Waals surface area (Å²) in [5, 5.41) is 12.6. The average molecular weight is 516 g/mol. The number of para-hydroxylation sites is 1. The van der Waals surface area contributed by atoms with Crippen molar-refractivity contribution in [2.75, 3.05) is 13.7 Å². The Morgan fingerprint density at radius 1 is 1.11 bits per heavy atom. The van der Waals surface area contributed by atoms with Gasteiger partial charge < -0.3 is 19.7 Å². The third-order valence-electron chi connectivity index (χ3n) is 6.49. The van der Waals surface area contributed by atoms with Crippen LogP contribution in [0.25, 0.3) is 16.7 Å². The van der Waals surface area contributed by atoms with Crippen LogP contribution in [0.4, 0.5) is 0 Å². The summed E-state index contributed by atoms with van der Waals surface area (Å²) < 4.78 is 4.77. The molecule has 2 N–H and O–H groups in total. The standard InChI is InChI=1S/C28H22ClN3O5/c1-37-28(36)17-9-7-16(8-10-17)24-22(25(33)19-4-3-12-30-14-19)26(34)27(35)32(24)13-11-18-15-31-23-20(18)5-2-6-21(23)29/h2-10,12,14-15,24,31,33H,11,13H2,1H3/b25-22+. The van der Waals surface area contributed by atoms with Crippen LogP contribution in [-0.4, -0.2) is 51.3 Å². The van der Waals surface area contributed by atoms with Crippen LogP contribution < -0.4 is 0 Å². The zero-order valence-corrected chi connectivity index (χ0v) is 20.5. The first-order chi connectivity index (χ1) is 17.9. The van der Waals surface area contributed by atoms with Gasteiger partial charge in [0, 0.05) is 36.1 Å². The number of amides is 1. The minimum atomic E-state index is -0.860. The van der Waals surface area contributed by atoms with Crippen LogP contribution in [0.15, 0.2) is 78.8 Å². The molecule has 1 saturated heterocycles. The third kappa shape index (κ3) is 4.36. The van der Waals surface area contributed by atoms with E-state index in [0.717, 1.165) is 16.5 Å². The second kappa shape index (κ2) is 9.91. The number of ketones is 1. The van der Waals surface area contributed by atoms with E-state index in [1.165, 1.54) is 18.2 Å². The number of rotatable bonds is 6. The highest BCUT2D eigenvalue weighted by molar-refractivity contribution is 6.46. The molecule has 0 bridgehead atoms. The largest absolute Gasteiger partial charge is 0.507 e. The zero-order valence-electron chi connectivity index (χ0n) is 19.8. The molecule has 2 aromatic heterocycles. The molecule has 1 aliphatic rings. The monoisotopic (exact) mass is 515 g/mol. The van der Waals surface area contributed by atoms with Crippen LogP contribution in [0.5, 0.6) is 0 Å². The first kappa shape index (κ1) is 24.3. The van der Waals surface area contributed by atoms with Gasteiger partial charge in [0.05, 0.1) is 34.8 Å². The van der Waals surface area contributed by atoms with Crippen molar-refractivity contribution in [1.82, 2.24) is 14.9 Å². The lowest BCUT2D eigenvalue weighted by molar-refractivity contribution is -0.139. The highest BCUT2D eigenvalue weighted by Gasteiger charge is 2.46. The first-order valence-electron chi connectivity index (χ1n) is 11.5.